The van der Waals surface area contributed by atoms with Crippen molar-refractivity contribution in [2.75, 3.05) is 18.1 Å². The molecule has 0 spiro atoms. The second-order valence-electron chi connectivity index (χ2n) is 10.1. The number of rotatable bonds is 12. The van der Waals surface area contributed by atoms with Crippen molar-refractivity contribution in [3.63, 3.8) is 0 Å². The van der Waals surface area contributed by atoms with E-state index in [2.05, 4.69) is 6.58 Å². The molecule has 2 aromatic carbocycles. The van der Waals surface area contributed by atoms with Gasteiger partial charge in [0.25, 0.3) is 0 Å². The van der Waals surface area contributed by atoms with Crippen molar-refractivity contribution < 1.29 is 19.1 Å². The lowest BCUT2D eigenvalue weighted by Crippen LogP contribution is -2.25. The van der Waals surface area contributed by atoms with Crippen LogP contribution in [-0.2, 0) is 14.3 Å². The maximum atomic E-state index is 12.6. The first-order chi connectivity index (χ1) is 17.8. The van der Waals surface area contributed by atoms with E-state index < -0.39 is 5.97 Å². The molecule has 0 saturated heterocycles. The molecule has 0 amide bonds. The van der Waals surface area contributed by atoms with Crippen LogP contribution in [0.2, 0.25) is 0 Å². The number of unbranched alkanes of at least 4 members (excludes halogenated alkanes) is 2. The average molecular weight is 505 g/mol. The maximum absolute atomic E-state index is 12.6. The van der Waals surface area contributed by atoms with Crippen molar-refractivity contribution in [1.82, 2.24) is 0 Å². The van der Waals surface area contributed by atoms with E-state index in [1.807, 2.05) is 37.3 Å². The van der Waals surface area contributed by atoms with Crippen LogP contribution in [-0.4, -0.2) is 18.5 Å². The van der Waals surface area contributed by atoms with E-state index in [1.165, 1.54) is 25.3 Å². The number of allylic oxidation sites excluding steroid dienone is 1. The zero-order valence-corrected chi connectivity index (χ0v) is 21.9. The first kappa shape index (κ1) is 28.0. The van der Waals surface area contributed by atoms with E-state index in [0.29, 0.717) is 17.1 Å². The van der Waals surface area contributed by atoms with Gasteiger partial charge >= 0.3 is 11.9 Å². The molecule has 6 heteroatoms. The minimum absolute atomic E-state index is 0.0232. The van der Waals surface area contributed by atoms with Crippen LogP contribution in [0.1, 0.15) is 75.3 Å². The molecule has 1 aliphatic carbocycles. The van der Waals surface area contributed by atoms with Crippen molar-refractivity contribution in [3.05, 3.63) is 72.3 Å². The summed E-state index contributed by atoms with van der Waals surface area (Å²) in [6.07, 6.45) is 13.8. The van der Waals surface area contributed by atoms with E-state index in [9.17, 15) is 9.59 Å². The Hall–Kier alpha value is -3.54. The lowest BCUT2D eigenvalue weighted by Gasteiger charge is -2.27. The molecular formula is C31H40N2O4. The lowest BCUT2D eigenvalue weighted by molar-refractivity contribution is -0.140. The van der Waals surface area contributed by atoms with E-state index in [-0.39, 0.29) is 24.4 Å². The summed E-state index contributed by atoms with van der Waals surface area (Å²) in [6, 6.07) is 12.5. The fourth-order valence-corrected chi connectivity index (χ4v) is 4.76. The third-order valence-electron chi connectivity index (χ3n) is 7.01. The Morgan fingerprint density at radius 2 is 1.70 bits per heavy atom. The molecule has 198 valence electrons. The van der Waals surface area contributed by atoms with Crippen LogP contribution in [0.15, 0.2) is 61.2 Å². The molecule has 37 heavy (non-hydrogen) atoms. The van der Waals surface area contributed by atoms with Gasteiger partial charge in [0.05, 0.1) is 12.5 Å². The van der Waals surface area contributed by atoms with E-state index in [0.717, 1.165) is 49.1 Å². The van der Waals surface area contributed by atoms with Crippen LogP contribution in [0.25, 0.3) is 6.08 Å². The second-order valence-corrected chi connectivity index (χ2v) is 10.1. The summed E-state index contributed by atoms with van der Waals surface area (Å²) >= 11 is 0. The number of anilines is 2. The molecule has 3 rings (SSSR count). The lowest BCUT2D eigenvalue weighted by atomic mass is 9.80. The highest BCUT2D eigenvalue weighted by Crippen LogP contribution is 2.33. The summed E-state index contributed by atoms with van der Waals surface area (Å²) < 4.78 is 11.0. The van der Waals surface area contributed by atoms with E-state index in [1.54, 1.807) is 24.3 Å². The molecule has 4 N–H and O–H groups in total. The van der Waals surface area contributed by atoms with Crippen LogP contribution in [0.3, 0.4) is 0 Å². The number of esters is 2. The molecule has 1 saturated carbocycles. The SMILES string of the molecule is C=CCCCCC1CCC(C(=O)Oc2ccc(/C=C/C(=O)OCC(C)c3cc(N)cc(N)c3)cc2)CC1. The van der Waals surface area contributed by atoms with Crippen LogP contribution in [0.5, 0.6) is 5.75 Å². The predicted octanol–water partition coefficient (Wildman–Crippen LogP) is 6.67. The molecule has 0 bridgehead atoms. The average Bonchev–Trinajstić information content (AvgIpc) is 2.89. The number of hydrogen-bond donors (Lipinski definition) is 2. The number of benzene rings is 2. The molecule has 2 aromatic rings. The van der Waals surface area contributed by atoms with Crippen LogP contribution >= 0.6 is 0 Å². The van der Waals surface area contributed by atoms with Crippen molar-refractivity contribution in [2.45, 2.75) is 64.2 Å². The van der Waals surface area contributed by atoms with Crippen molar-refractivity contribution in [3.8, 4) is 5.75 Å². The largest absolute Gasteiger partial charge is 0.462 e. The van der Waals surface area contributed by atoms with Crippen molar-refractivity contribution in [1.29, 1.82) is 0 Å². The van der Waals surface area contributed by atoms with Gasteiger partial charge in [-0.3, -0.25) is 4.79 Å². The summed E-state index contributed by atoms with van der Waals surface area (Å²) in [4.78, 5) is 24.8. The topological polar surface area (TPSA) is 105 Å². The smallest absolute Gasteiger partial charge is 0.330 e. The number of ether oxygens (including phenoxy) is 2. The van der Waals surface area contributed by atoms with E-state index in [4.69, 9.17) is 20.9 Å². The Balaban J connectivity index is 1.39. The number of hydrogen-bond acceptors (Lipinski definition) is 6. The highest BCUT2D eigenvalue weighted by Gasteiger charge is 2.27. The Labute approximate surface area is 220 Å². The highest BCUT2D eigenvalue weighted by atomic mass is 16.5. The Kier molecular flexibility index (Phi) is 10.8. The van der Waals surface area contributed by atoms with Gasteiger partial charge < -0.3 is 20.9 Å². The fraction of sp³-hybridized carbons (Fsp3) is 0.419. The zero-order valence-electron chi connectivity index (χ0n) is 21.9. The standard InChI is InChI=1S/C31H40N2O4/c1-3-4-5-6-7-23-8-13-25(14-9-23)31(35)37-29-15-10-24(11-16-29)12-17-30(34)36-21-22(2)26-18-27(32)20-28(33)19-26/h3,10-12,15-20,22-23,25H,1,4-9,13-14,21,32-33H2,2H3/b17-12+. The number of nitrogen functional groups attached to an aromatic ring is 2. The van der Waals surface area contributed by atoms with Gasteiger partial charge in [0.2, 0.25) is 0 Å². The Morgan fingerprint density at radius 3 is 2.35 bits per heavy atom. The minimum atomic E-state index is -0.435. The molecule has 0 radical (unpaired) electrons. The van der Waals surface area contributed by atoms with Gasteiger partial charge in [0.15, 0.2) is 0 Å². The van der Waals surface area contributed by atoms with Crippen molar-refractivity contribution in [2.24, 2.45) is 11.8 Å². The second kappa shape index (κ2) is 14.3. The molecule has 1 unspecified atom stereocenters. The third kappa shape index (κ3) is 9.45. The van der Waals surface area contributed by atoms with Gasteiger partial charge in [-0.25, -0.2) is 4.79 Å². The summed E-state index contributed by atoms with van der Waals surface area (Å²) in [6.45, 7) is 5.94. The molecule has 6 nitrogen and oxygen atoms in total. The zero-order chi connectivity index (χ0) is 26.6. The molecular weight excluding hydrogens is 464 g/mol. The van der Waals surface area contributed by atoms with Gasteiger partial charge in [-0.2, -0.15) is 0 Å². The summed E-state index contributed by atoms with van der Waals surface area (Å²) in [5, 5.41) is 0. The van der Waals surface area contributed by atoms with Crippen LogP contribution in [0.4, 0.5) is 11.4 Å². The first-order valence-corrected chi connectivity index (χ1v) is 13.3. The van der Waals surface area contributed by atoms with Gasteiger partial charge in [-0.15, -0.1) is 6.58 Å². The Morgan fingerprint density at radius 1 is 1.03 bits per heavy atom. The third-order valence-corrected chi connectivity index (χ3v) is 7.01. The van der Waals surface area contributed by atoms with Gasteiger partial charge in [0, 0.05) is 23.4 Å². The highest BCUT2D eigenvalue weighted by molar-refractivity contribution is 5.87. The maximum Gasteiger partial charge on any atom is 0.330 e. The quantitative estimate of drug-likeness (QED) is 0.0835. The molecule has 0 heterocycles. The van der Waals surface area contributed by atoms with Gasteiger partial charge in [0.1, 0.15) is 5.75 Å². The Bertz CT molecular complexity index is 1050. The summed E-state index contributed by atoms with van der Waals surface area (Å²) in [5.74, 6) is 0.611. The monoisotopic (exact) mass is 504 g/mol. The minimum Gasteiger partial charge on any atom is -0.462 e. The molecule has 1 atom stereocenters. The number of carbonyl (C=O) groups excluding carboxylic acids is 2. The number of carbonyl (C=O) groups is 2. The molecule has 0 aliphatic heterocycles. The van der Waals surface area contributed by atoms with Crippen LogP contribution in [0, 0.1) is 11.8 Å². The van der Waals surface area contributed by atoms with E-state index >= 15 is 0 Å². The van der Waals surface area contributed by atoms with Gasteiger partial charge in [-0.05, 0) is 92.0 Å². The summed E-state index contributed by atoms with van der Waals surface area (Å²) in [5.41, 5.74) is 14.6. The molecule has 1 aliphatic rings. The van der Waals surface area contributed by atoms with Crippen LogP contribution < -0.4 is 16.2 Å². The summed E-state index contributed by atoms with van der Waals surface area (Å²) in [7, 11) is 0. The van der Waals surface area contributed by atoms with Gasteiger partial charge in [-0.1, -0.05) is 38.0 Å². The molecule has 1 fully saturated rings. The molecule has 0 aromatic heterocycles. The first-order valence-electron chi connectivity index (χ1n) is 13.3. The predicted molar refractivity (Wildman–Crippen MR) is 150 cm³/mol. The normalized spacial score (nSPS) is 18.3. The van der Waals surface area contributed by atoms with Crippen molar-refractivity contribution >= 4 is 29.4 Å². The fourth-order valence-electron chi connectivity index (χ4n) is 4.76. The number of nitrogens with two attached hydrogens (primary N) is 2.